The van der Waals surface area contributed by atoms with Crippen molar-refractivity contribution in [3.8, 4) is 0 Å². The first-order chi connectivity index (χ1) is 8.06. The molecule has 0 aromatic rings. The molecule has 0 aromatic heterocycles. The number of halogens is 2. The summed E-state index contributed by atoms with van der Waals surface area (Å²) in [5.74, 6) is 0.414. The third-order valence-corrected chi connectivity index (χ3v) is 3.00. The van der Waals surface area contributed by atoms with Gasteiger partial charge in [-0.15, -0.1) is 0 Å². The number of amides is 1. The minimum absolute atomic E-state index is 0.0372. The zero-order valence-electron chi connectivity index (χ0n) is 10.1. The van der Waals surface area contributed by atoms with E-state index in [-0.39, 0.29) is 25.0 Å². The summed E-state index contributed by atoms with van der Waals surface area (Å²) in [7, 11) is 1.71. The fourth-order valence-corrected chi connectivity index (χ4v) is 1.84. The van der Waals surface area contributed by atoms with Gasteiger partial charge in [-0.25, -0.2) is 8.78 Å². The molecule has 1 fully saturated rings. The van der Waals surface area contributed by atoms with Gasteiger partial charge in [-0.3, -0.25) is 4.79 Å². The van der Waals surface area contributed by atoms with Gasteiger partial charge in [-0.2, -0.15) is 0 Å². The minimum atomic E-state index is -2.48. The van der Waals surface area contributed by atoms with Crippen LogP contribution in [0.1, 0.15) is 19.3 Å². The average Bonchev–Trinajstić information content (AvgIpc) is 3.09. The standard InChI is InChI=1S/C11H20F2N2O2/c1-15(9(6-14)8-2-3-8)11(16)4-5-17-7-10(12)13/h8-10H,2-7,14H2,1H3. The Balaban J connectivity index is 2.21. The van der Waals surface area contributed by atoms with Crippen LogP contribution in [0, 0.1) is 5.92 Å². The van der Waals surface area contributed by atoms with Crippen molar-refractivity contribution < 1.29 is 18.3 Å². The lowest BCUT2D eigenvalue weighted by Gasteiger charge is -2.27. The Bertz CT molecular complexity index is 248. The highest BCUT2D eigenvalue weighted by Crippen LogP contribution is 2.34. The summed E-state index contributed by atoms with van der Waals surface area (Å²) in [6, 6.07) is 0.0811. The topological polar surface area (TPSA) is 55.6 Å². The van der Waals surface area contributed by atoms with Crippen LogP contribution in [0.2, 0.25) is 0 Å². The predicted octanol–water partition coefficient (Wildman–Crippen LogP) is 0.854. The monoisotopic (exact) mass is 250 g/mol. The quantitative estimate of drug-likeness (QED) is 0.650. The first-order valence-corrected chi connectivity index (χ1v) is 5.88. The predicted molar refractivity (Wildman–Crippen MR) is 59.8 cm³/mol. The third-order valence-electron chi connectivity index (χ3n) is 3.00. The molecule has 1 atom stereocenters. The molecule has 0 spiro atoms. The molecule has 2 N–H and O–H groups in total. The molecule has 0 aliphatic heterocycles. The highest BCUT2D eigenvalue weighted by atomic mass is 19.3. The van der Waals surface area contributed by atoms with Gasteiger partial charge in [-0.1, -0.05) is 0 Å². The Hall–Kier alpha value is -0.750. The normalized spacial score (nSPS) is 17.2. The molecule has 1 amide bonds. The number of alkyl halides is 2. The van der Waals surface area contributed by atoms with E-state index in [2.05, 4.69) is 4.74 Å². The number of carbonyl (C=O) groups excluding carboxylic acids is 1. The molecule has 1 unspecified atom stereocenters. The number of ether oxygens (including phenoxy) is 1. The lowest BCUT2D eigenvalue weighted by molar-refractivity contribution is -0.133. The van der Waals surface area contributed by atoms with Gasteiger partial charge in [0.05, 0.1) is 13.0 Å². The summed E-state index contributed by atoms with van der Waals surface area (Å²) < 4.78 is 28.2. The van der Waals surface area contributed by atoms with Gasteiger partial charge in [-0.05, 0) is 18.8 Å². The van der Waals surface area contributed by atoms with Crippen molar-refractivity contribution >= 4 is 5.91 Å². The summed E-state index contributed by atoms with van der Waals surface area (Å²) in [6.45, 7) is -0.125. The fraction of sp³-hybridized carbons (Fsp3) is 0.909. The van der Waals surface area contributed by atoms with Crippen molar-refractivity contribution in [2.24, 2.45) is 11.7 Å². The second-order valence-corrected chi connectivity index (χ2v) is 4.36. The van der Waals surface area contributed by atoms with E-state index >= 15 is 0 Å². The summed E-state index contributed by atoms with van der Waals surface area (Å²) in [6.07, 6.45) is -0.124. The lowest BCUT2D eigenvalue weighted by Crippen LogP contribution is -2.43. The summed E-state index contributed by atoms with van der Waals surface area (Å²) in [4.78, 5) is 13.4. The molecule has 4 nitrogen and oxygen atoms in total. The molecular weight excluding hydrogens is 230 g/mol. The van der Waals surface area contributed by atoms with E-state index in [1.807, 2.05) is 0 Å². The van der Waals surface area contributed by atoms with Gasteiger partial charge in [0, 0.05) is 19.6 Å². The van der Waals surface area contributed by atoms with Crippen LogP contribution in [0.5, 0.6) is 0 Å². The van der Waals surface area contributed by atoms with Crippen molar-refractivity contribution in [1.29, 1.82) is 0 Å². The van der Waals surface area contributed by atoms with Crippen molar-refractivity contribution in [3.63, 3.8) is 0 Å². The number of nitrogens with two attached hydrogens (primary N) is 1. The summed E-state index contributed by atoms with van der Waals surface area (Å²) >= 11 is 0. The highest BCUT2D eigenvalue weighted by Gasteiger charge is 2.34. The van der Waals surface area contributed by atoms with Crippen LogP contribution < -0.4 is 5.73 Å². The molecule has 0 saturated heterocycles. The van der Waals surface area contributed by atoms with E-state index in [9.17, 15) is 13.6 Å². The maximum Gasteiger partial charge on any atom is 0.261 e. The summed E-state index contributed by atoms with van der Waals surface area (Å²) in [5, 5.41) is 0. The fourth-order valence-electron chi connectivity index (χ4n) is 1.84. The average molecular weight is 250 g/mol. The second-order valence-electron chi connectivity index (χ2n) is 4.36. The maximum atomic E-state index is 11.8. The zero-order valence-corrected chi connectivity index (χ0v) is 10.1. The minimum Gasteiger partial charge on any atom is -0.375 e. The molecule has 1 saturated carbocycles. The van der Waals surface area contributed by atoms with Crippen molar-refractivity contribution in [1.82, 2.24) is 4.90 Å². The van der Waals surface area contributed by atoms with Crippen molar-refractivity contribution in [2.45, 2.75) is 31.7 Å². The molecule has 100 valence electrons. The van der Waals surface area contributed by atoms with Crippen molar-refractivity contribution in [3.05, 3.63) is 0 Å². The van der Waals surface area contributed by atoms with E-state index in [1.54, 1.807) is 11.9 Å². The van der Waals surface area contributed by atoms with Crippen LogP contribution in [-0.2, 0) is 9.53 Å². The Kier molecular flexibility index (Phi) is 5.77. The van der Waals surface area contributed by atoms with E-state index in [0.717, 1.165) is 12.8 Å². The number of carbonyl (C=O) groups is 1. The molecule has 0 heterocycles. The van der Waals surface area contributed by atoms with Gasteiger partial charge in [0.1, 0.15) is 6.61 Å². The Morgan fingerprint density at radius 2 is 2.18 bits per heavy atom. The molecule has 1 aliphatic carbocycles. The SMILES string of the molecule is CN(C(=O)CCOCC(F)F)C(CN)C1CC1. The van der Waals surface area contributed by atoms with Gasteiger partial charge in [0.2, 0.25) is 5.91 Å². The second kappa shape index (κ2) is 6.86. The molecular formula is C11H20F2N2O2. The van der Waals surface area contributed by atoms with Crippen LogP contribution in [0.25, 0.3) is 0 Å². The van der Waals surface area contributed by atoms with E-state index in [0.29, 0.717) is 12.5 Å². The molecule has 1 rings (SSSR count). The van der Waals surface area contributed by atoms with Crippen LogP contribution in [-0.4, -0.2) is 50.1 Å². The number of hydrogen-bond donors (Lipinski definition) is 1. The largest absolute Gasteiger partial charge is 0.375 e. The first kappa shape index (κ1) is 14.3. The zero-order chi connectivity index (χ0) is 12.8. The van der Waals surface area contributed by atoms with E-state index in [1.165, 1.54) is 0 Å². The molecule has 1 aliphatic rings. The molecule has 6 heteroatoms. The first-order valence-electron chi connectivity index (χ1n) is 5.88. The van der Waals surface area contributed by atoms with Crippen LogP contribution in [0.15, 0.2) is 0 Å². The van der Waals surface area contributed by atoms with Crippen molar-refractivity contribution in [2.75, 3.05) is 26.8 Å². The number of hydrogen-bond acceptors (Lipinski definition) is 3. The number of rotatable bonds is 8. The lowest BCUT2D eigenvalue weighted by atomic mass is 10.1. The highest BCUT2D eigenvalue weighted by molar-refractivity contribution is 5.76. The number of likely N-dealkylation sites (N-methyl/N-ethyl adjacent to an activating group) is 1. The van der Waals surface area contributed by atoms with E-state index < -0.39 is 13.0 Å². The smallest absolute Gasteiger partial charge is 0.261 e. The Morgan fingerprint density at radius 1 is 1.53 bits per heavy atom. The van der Waals surface area contributed by atoms with Crippen LogP contribution in [0.3, 0.4) is 0 Å². The van der Waals surface area contributed by atoms with Gasteiger partial charge in [0.25, 0.3) is 6.43 Å². The Labute approximate surface area is 100 Å². The van der Waals surface area contributed by atoms with E-state index in [4.69, 9.17) is 5.73 Å². The third kappa shape index (κ3) is 4.95. The van der Waals surface area contributed by atoms with Gasteiger partial charge in [0.15, 0.2) is 0 Å². The molecule has 0 aromatic carbocycles. The molecule has 0 radical (unpaired) electrons. The maximum absolute atomic E-state index is 11.8. The van der Waals surface area contributed by atoms with Gasteiger partial charge >= 0.3 is 0 Å². The Morgan fingerprint density at radius 3 is 2.65 bits per heavy atom. The van der Waals surface area contributed by atoms with Gasteiger partial charge < -0.3 is 15.4 Å². The molecule has 0 bridgehead atoms. The number of nitrogens with zero attached hydrogens (tertiary/aromatic N) is 1. The molecule has 17 heavy (non-hydrogen) atoms. The summed E-state index contributed by atoms with van der Waals surface area (Å²) in [5.41, 5.74) is 5.62. The van der Waals surface area contributed by atoms with Crippen LogP contribution in [0.4, 0.5) is 8.78 Å². The van der Waals surface area contributed by atoms with Crippen LogP contribution >= 0.6 is 0 Å².